The third-order valence-electron chi connectivity index (χ3n) is 3.07. The lowest BCUT2D eigenvalue weighted by Gasteiger charge is -2.12. The van der Waals surface area contributed by atoms with Crippen molar-refractivity contribution in [1.82, 2.24) is 25.5 Å². The number of hydrogen-bond acceptors (Lipinski definition) is 6. The molecule has 108 valence electrons. The van der Waals surface area contributed by atoms with Crippen molar-refractivity contribution in [2.45, 2.75) is 6.04 Å². The Morgan fingerprint density at radius 2 is 2.38 bits per heavy atom. The standard InChI is InChI=1S/C13H14N6O2/c1-21-11-6-9(16-13(20)12-3-2-4-14-12)5-10(7-11)19-8-15-17-18-19/h2-3,5-8,12,14H,4H2,1H3,(H,16,20). The van der Waals surface area contributed by atoms with E-state index < -0.39 is 0 Å². The van der Waals surface area contributed by atoms with Crippen molar-refractivity contribution in [2.24, 2.45) is 0 Å². The van der Waals surface area contributed by atoms with Crippen molar-refractivity contribution in [3.8, 4) is 11.4 Å². The summed E-state index contributed by atoms with van der Waals surface area (Å²) in [5, 5.41) is 16.9. The van der Waals surface area contributed by atoms with Gasteiger partial charge in [0, 0.05) is 24.4 Å². The van der Waals surface area contributed by atoms with Crippen LogP contribution in [0.1, 0.15) is 0 Å². The number of methoxy groups -OCH3 is 1. The molecule has 0 bridgehead atoms. The van der Waals surface area contributed by atoms with E-state index in [9.17, 15) is 4.79 Å². The van der Waals surface area contributed by atoms with E-state index in [1.54, 1.807) is 25.3 Å². The van der Waals surface area contributed by atoms with Crippen molar-refractivity contribution in [2.75, 3.05) is 19.0 Å². The number of ether oxygens (including phenoxy) is 1. The van der Waals surface area contributed by atoms with Gasteiger partial charge in [0.25, 0.3) is 0 Å². The fourth-order valence-corrected chi connectivity index (χ4v) is 2.05. The zero-order chi connectivity index (χ0) is 14.7. The minimum absolute atomic E-state index is 0.125. The number of nitrogens with zero attached hydrogens (tertiary/aromatic N) is 4. The lowest BCUT2D eigenvalue weighted by Crippen LogP contribution is -2.35. The summed E-state index contributed by atoms with van der Waals surface area (Å²) in [4.78, 5) is 12.1. The molecule has 8 heteroatoms. The molecule has 1 aliphatic rings. The van der Waals surface area contributed by atoms with Crippen LogP contribution in [0.25, 0.3) is 5.69 Å². The molecule has 0 saturated heterocycles. The molecule has 0 aliphatic carbocycles. The first-order valence-corrected chi connectivity index (χ1v) is 6.39. The Labute approximate surface area is 120 Å². The second-order valence-corrected chi connectivity index (χ2v) is 4.48. The molecule has 8 nitrogen and oxygen atoms in total. The van der Waals surface area contributed by atoms with E-state index in [0.29, 0.717) is 23.7 Å². The Balaban J connectivity index is 1.85. The van der Waals surface area contributed by atoms with Gasteiger partial charge in [-0.25, -0.2) is 4.68 Å². The smallest absolute Gasteiger partial charge is 0.245 e. The molecule has 2 N–H and O–H groups in total. The Bertz CT molecular complexity index is 667. The van der Waals surface area contributed by atoms with Crippen LogP contribution in [0.2, 0.25) is 0 Å². The van der Waals surface area contributed by atoms with Gasteiger partial charge in [0.15, 0.2) is 0 Å². The summed E-state index contributed by atoms with van der Waals surface area (Å²) in [6.07, 6.45) is 5.22. The number of nitrogens with one attached hydrogen (secondary N) is 2. The SMILES string of the molecule is COc1cc(NC(=O)C2C=CCN2)cc(-n2cnnn2)c1. The summed E-state index contributed by atoms with van der Waals surface area (Å²) < 4.78 is 6.73. The van der Waals surface area contributed by atoms with Gasteiger partial charge in [-0.05, 0) is 16.5 Å². The summed E-state index contributed by atoms with van der Waals surface area (Å²) in [5.74, 6) is 0.480. The molecule has 2 heterocycles. The number of anilines is 1. The Morgan fingerprint density at radius 1 is 1.48 bits per heavy atom. The Morgan fingerprint density at radius 3 is 3.05 bits per heavy atom. The van der Waals surface area contributed by atoms with Crippen LogP contribution < -0.4 is 15.4 Å². The largest absolute Gasteiger partial charge is 0.497 e. The monoisotopic (exact) mass is 286 g/mol. The lowest BCUT2D eigenvalue weighted by molar-refractivity contribution is -0.116. The number of benzene rings is 1. The first-order chi connectivity index (χ1) is 10.3. The van der Waals surface area contributed by atoms with Gasteiger partial charge in [-0.3, -0.25) is 10.1 Å². The number of aromatic nitrogens is 4. The van der Waals surface area contributed by atoms with E-state index in [1.807, 2.05) is 12.2 Å². The molecule has 0 spiro atoms. The van der Waals surface area contributed by atoms with Crippen LogP contribution in [-0.4, -0.2) is 45.8 Å². The quantitative estimate of drug-likeness (QED) is 0.776. The highest BCUT2D eigenvalue weighted by atomic mass is 16.5. The van der Waals surface area contributed by atoms with E-state index in [4.69, 9.17) is 4.74 Å². The molecule has 1 aromatic carbocycles. The van der Waals surface area contributed by atoms with Crippen LogP contribution >= 0.6 is 0 Å². The fraction of sp³-hybridized carbons (Fsp3) is 0.231. The average molecular weight is 286 g/mol. The molecule has 1 amide bonds. The molecule has 0 fully saturated rings. The number of amides is 1. The number of carbonyl (C=O) groups excluding carboxylic acids is 1. The number of rotatable bonds is 4. The van der Waals surface area contributed by atoms with Crippen LogP contribution in [0.5, 0.6) is 5.75 Å². The van der Waals surface area contributed by atoms with Gasteiger partial charge in [-0.2, -0.15) is 0 Å². The summed E-state index contributed by atoms with van der Waals surface area (Å²) in [6, 6.07) is 4.98. The summed E-state index contributed by atoms with van der Waals surface area (Å²) in [5.41, 5.74) is 1.32. The van der Waals surface area contributed by atoms with Gasteiger partial charge >= 0.3 is 0 Å². The highest BCUT2D eigenvalue weighted by molar-refractivity contribution is 5.96. The molecular weight excluding hydrogens is 272 g/mol. The summed E-state index contributed by atoms with van der Waals surface area (Å²) >= 11 is 0. The van der Waals surface area contributed by atoms with Crippen molar-refractivity contribution in [1.29, 1.82) is 0 Å². The van der Waals surface area contributed by atoms with Crippen LogP contribution in [-0.2, 0) is 4.79 Å². The van der Waals surface area contributed by atoms with E-state index in [-0.39, 0.29) is 11.9 Å². The van der Waals surface area contributed by atoms with Gasteiger partial charge in [0.2, 0.25) is 5.91 Å². The molecule has 1 unspecified atom stereocenters. The molecule has 0 radical (unpaired) electrons. The van der Waals surface area contributed by atoms with Gasteiger partial charge < -0.3 is 10.1 Å². The van der Waals surface area contributed by atoms with E-state index in [1.165, 1.54) is 11.0 Å². The first-order valence-electron chi connectivity index (χ1n) is 6.39. The van der Waals surface area contributed by atoms with Crippen molar-refractivity contribution >= 4 is 11.6 Å². The normalized spacial score (nSPS) is 16.9. The van der Waals surface area contributed by atoms with Crippen molar-refractivity contribution < 1.29 is 9.53 Å². The van der Waals surface area contributed by atoms with Gasteiger partial charge in [0.1, 0.15) is 18.1 Å². The van der Waals surface area contributed by atoms with Crippen molar-refractivity contribution in [3.63, 3.8) is 0 Å². The number of hydrogen-bond donors (Lipinski definition) is 2. The molecule has 1 aliphatic heterocycles. The topological polar surface area (TPSA) is 94.0 Å². The van der Waals surface area contributed by atoms with Gasteiger partial charge in [-0.15, -0.1) is 5.10 Å². The molecule has 0 saturated carbocycles. The molecule has 2 aromatic rings. The maximum atomic E-state index is 12.1. The van der Waals surface area contributed by atoms with E-state index >= 15 is 0 Å². The van der Waals surface area contributed by atoms with Crippen LogP contribution in [0.3, 0.4) is 0 Å². The van der Waals surface area contributed by atoms with E-state index in [0.717, 1.165) is 0 Å². The highest BCUT2D eigenvalue weighted by Gasteiger charge is 2.18. The first kappa shape index (κ1) is 13.3. The Hall–Kier alpha value is -2.74. The minimum Gasteiger partial charge on any atom is -0.497 e. The predicted octanol–water partition coefficient (Wildman–Crippen LogP) is 0.137. The molecular formula is C13H14N6O2. The molecule has 3 rings (SSSR count). The summed E-state index contributed by atoms with van der Waals surface area (Å²) in [7, 11) is 1.56. The van der Waals surface area contributed by atoms with Gasteiger partial charge in [0.05, 0.1) is 12.8 Å². The summed E-state index contributed by atoms with van der Waals surface area (Å²) in [6.45, 7) is 0.700. The van der Waals surface area contributed by atoms with Gasteiger partial charge in [-0.1, -0.05) is 12.2 Å². The van der Waals surface area contributed by atoms with Crippen molar-refractivity contribution in [3.05, 3.63) is 36.7 Å². The molecule has 1 atom stereocenters. The van der Waals surface area contributed by atoms with Crippen LogP contribution in [0, 0.1) is 0 Å². The lowest BCUT2D eigenvalue weighted by atomic mass is 10.2. The Kier molecular flexibility index (Phi) is 3.61. The maximum Gasteiger partial charge on any atom is 0.245 e. The zero-order valence-electron chi connectivity index (χ0n) is 11.4. The third kappa shape index (κ3) is 2.90. The molecule has 21 heavy (non-hydrogen) atoms. The third-order valence-corrected chi connectivity index (χ3v) is 3.07. The minimum atomic E-state index is -0.312. The highest BCUT2D eigenvalue weighted by Crippen LogP contribution is 2.23. The van der Waals surface area contributed by atoms with Crippen LogP contribution in [0.4, 0.5) is 5.69 Å². The average Bonchev–Trinajstić information content (AvgIpc) is 3.19. The number of carbonyl (C=O) groups is 1. The maximum absolute atomic E-state index is 12.1. The van der Waals surface area contributed by atoms with Crippen LogP contribution in [0.15, 0.2) is 36.7 Å². The molecule has 1 aromatic heterocycles. The predicted molar refractivity (Wildman–Crippen MR) is 75.3 cm³/mol. The zero-order valence-corrected chi connectivity index (χ0v) is 11.4. The second-order valence-electron chi connectivity index (χ2n) is 4.48. The number of tetrazole rings is 1. The fourth-order valence-electron chi connectivity index (χ4n) is 2.05. The second kappa shape index (κ2) is 5.71. The van der Waals surface area contributed by atoms with E-state index in [2.05, 4.69) is 26.2 Å².